The molecule has 1 aromatic rings. The van der Waals surface area contributed by atoms with Crippen LogP contribution in [0.25, 0.3) is 0 Å². The molecular weight excluding hydrogens is 252 g/mol. The fraction of sp³-hybridized carbons (Fsp3) is 0.800. The van der Waals surface area contributed by atoms with Crippen molar-refractivity contribution in [3.8, 4) is 0 Å². The van der Waals surface area contributed by atoms with Crippen molar-refractivity contribution in [2.75, 3.05) is 18.0 Å². The standard InChI is InChI=1S/C15H26N4O/c1-11-13(9-16-12-5-6-12)14(18(3)17-11)19-8-4-7-15(2,20)10-19/h12,16,20H,4-10H2,1-3H3. The van der Waals surface area contributed by atoms with Gasteiger partial charge in [-0.2, -0.15) is 5.10 Å². The van der Waals surface area contributed by atoms with Crippen LogP contribution >= 0.6 is 0 Å². The van der Waals surface area contributed by atoms with E-state index in [2.05, 4.69) is 22.2 Å². The van der Waals surface area contributed by atoms with Crippen LogP contribution in [0.1, 0.15) is 43.9 Å². The number of nitrogens with zero attached hydrogens (tertiary/aromatic N) is 3. The maximum atomic E-state index is 10.3. The molecule has 5 nitrogen and oxygen atoms in total. The van der Waals surface area contributed by atoms with E-state index in [9.17, 15) is 5.11 Å². The second kappa shape index (κ2) is 5.04. The maximum absolute atomic E-state index is 10.3. The fourth-order valence-corrected chi connectivity index (χ4v) is 3.23. The number of rotatable bonds is 4. The van der Waals surface area contributed by atoms with Crippen LogP contribution in [0.2, 0.25) is 0 Å². The van der Waals surface area contributed by atoms with Gasteiger partial charge in [0.15, 0.2) is 0 Å². The highest BCUT2D eigenvalue weighted by Gasteiger charge is 2.32. The van der Waals surface area contributed by atoms with Gasteiger partial charge in [-0.25, -0.2) is 0 Å². The lowest BCUT2D eigenvalue weighted by Gasteiger charge is -2.38. The van der Waals surface area contributed by atoms with Gasteiger partial charge in [-0.05, 0) is 39.5 Å². The van der Waals surface area contributed by atoms with Crippen molar-refractivity contribution >= 4 is 5.82 Å². The maximum Gasteiger partial charge on any atom is 0.131 e. The van der Waals surface area contributed by atoms with Gasteiger partial charge in [-0.1, -0.05) is 0 Å². The molecule has 112 valence electrons. The average Bonchev–Trinajstić information content (AvgIpc) is 3.12. The predicted octanol–water partition coefficient (Wildman–Crippen LogP) is 1.33. The SMILES string of the molecule is Cc1nn(C)c(N2CCCC(C)(O)C2)c1CNC1CC1. The third kappa shape index (κ3) is 2.83. The first-order chi connectivity index (χ1) is 9.46. The highest BCUT2D eigenvalue weighted by atomic mass is 16.3. The summed E-state index contributed by atoms with van der Waals surface area (Å²) in [5.41, 5.74) is 1.80. The lowest BCUT2D eigenvalue weighted by molar-refractivity contribution is 0.0445. The summed E-state index contributed by atoms with van der Waals surface area (Å²) in [6.45, 7) is 6.60. The third-order valence-electron chi connectivity index (χ3n) is 4.43. The second-order valence-electron chi connectivity index (χ2n) is 6.69. The van der Waals surface area contributed by atoms with Crippen LogP contribution < -0.4 is 10.2 Å². The highest BCUT2D eigenvalue weighted by Crippen LogP contribution is 2.30. The zero-order chi connectivity index (χ0) is 14.3. The van der Waals surface area contributed by atoms with Gasteiger partial charge in [0, 0.05) is 38.3 Å². The molecule has 0 bridgehead atoms. The molecule has 3 rings (SSSR count). The molecule has 2 heterocycles. The summed E-state index contributed by atoms with van der Waals surface area (Å²) in [5, 5.41) is 18.5. The van der Waals surface area contributed by atoms with E-state index in [-0.39, 0.29) is 0 Å². The van der Waals surface area contributed by atoms with Crippen molar-refractivity contribution in [1.82, 2.24) is 15.1 Å². The molecule has 1 aromatic heterocycles. The highest BCUT2D eigenvalue weighted by molar-refractivity contribution is 5.51. The predicted molar refractivity (Wildman–Crippen MR) is 79.9 cm³/mol. The smallest absolute Gasteiger partial charge is 0.131 e. The van der Waals surface area contributed by atoms with E-state index in [0.717, 1.165) is 31.6 Å². The van der Waals surface area contributed by atoms with Crippen LogP contribution in [0.4, 0.5) is 5.82 Å². The van der Waals surface area contributed by atoms with Crippen molar-refractivity contribution in [2.45, 2.75) is 57.7 Å². The Kier molecular flexibility index (Phi) is 3.50. The van der Waals surface area contributed by atoms with Crippen LogP contribution in [-0.4, -0.2) is 39.6 Å². The summed E-state index contributed by atoms with van der Waals surface area (Å²) < 4.78 is 1.97. The number of piperidine rings is 1. The Balaban J connectivity index is 1.82. The van der Waals surface area contributed by atoms with Crippen molar-refractivity contribution in [3.05, 3.63) is 11.3 Å². The molecule has 5 heteroatoms. The van der Waals surface area contributed by atoms with E-state index < -0.39 is 5.60 Å². The molecule has 1 aliphatic carbocycles. The summed E-state index contributed by atoms with van der Waals surface area (Å²) in [5.74, 6) is 1.18. The summed E-state index contributed by atoms with van der Waals surface area (Å²) in [4.78, 5) is 2.30. The lowest BCUT2D eigenvalue weighted by Crippen LogP contribution is -2.47. The van der Waals surface area contributed by atoms with E-state index in [1.54, 1.807) is 0 Å². The second-order valence-corrected chi connectivity index (χ2v) is 6.69. The Labute approximate surface area is 121 Å². The van der Waals surface area contributed by atoms with Crippen molar-refractivity contribution in [2.24, 2.45) is 7.05 Å². The monoisotopic (exact) mass is 278 g/mol. The molecule has 20 heavy (non-hydrogen) atoms. The molecule has 2 fully saturated rings. The molecule has 0 amide bonds. The van der Waals surface area contributed by atoms with Crippen LogP contribution in [0.5, 0.6) is 0 Å². The van der Waals surface area contributed by atoms with Crippen LogP contribution in [0.3, 0.4) is 0 Å². The quantitative estimate of drug-likeness (QED) is 0.872. The number of aryl methyl sites for hydroxylation is 2. The summed E-state index contributed by atoms with van der Waals surface area (Å²) in [6.07, 6.45) is 4.52. The number of hydrogen-bond donors (Lipinski definition) is 2. The van der Waals surface area contributed by atoms with Crippen LogP contribution in [0, 0.1) is 6.92 Å². The number of aliphatic hydroxyl groups is 1. The summed E-state index contributed by atoms with van der Waals surface area (Å²) in [6, 6.07) is 0.701. The number of β-amino-alcohol motifs (C(OH)–C–C–N with tert-alkyl or cyclic N) is 1. The van der Waals surface area contributed by atoms with Gasteiger partial charge >= 0.3 is 0 Å². The third-order valence-corrected chi connectivity index (χ3v) is 4.43. The van der Waals surface area contributed by atoms with Crippen molar-refractivity contribution < 1.29 is 5.11 Å². The van der Waals surface area contributed by atoms with Gasteiger partial charge in [0.2, 0.25) is 0 Å². The molecule has 1 atom stereocenters. The van der Waals surface area contributed by atoms with Gasteiger partial charge < -0.3 is 15.3 Å². The molecular formula is C15H26N4O. The summed E-state index contributed by atoms with van der Waals surface area (Å²) >= 11 is 0. The fourth-order valence-electron chi connectivity index (χ4n) is 3.23. The minimum atomic E-state index is -0.586. The molecule has 1 saturated carbocycles. The first kappa shape index (κ1) is 13.9. The normalized spacial score (nSPS) is 27.1. The molecule has 0 spiro atoms. The Morgan fingerprint density at radius 1 is 1.45 bits per heavy atom. The van der Waals surface area contributed by atoms with Gasteiger partial charge in [0.05, 0.1) is 11.3 Å². The zero-order valence-corrected chi connectivity index (χ0v) is 12.8. The van der Waals surface area contributed by atoms with E-state index in [1.165, 1.54) is 24.2 Å². The van der Waals surface area contributed by atoms with Gasteiger partial charge in [-0.3, -0.25) is 4.68 Å². The first-order valence-corrected chi connectivity index (χ1v) is 7.69. The van der Waals surface area contributed by atoms with Crippen LogP contribution in [-0.2, 0) is 13.6 Å². The molecule has 2 N–H and O–H groups in total. The van der Waals surface area contributed by atoms with E-state index in [0.29, 0.717) is 12.6 Å². The lowest BCUT2D eigenvalue weighted by atomic mass is 9.95. The van der Waals surface area contributed by atoms with E-state index in [4.69, 9.17) is 0 Å². The Morgan fingerprint density at radius 2 is 2.20 bits per heavy atom. The summed E-state index contributed by atoms with van der Waals surface area (Å²) in [7, 11) is 2.01. The molecule has 1 aliphatic heterocycles. The Hall–Kier alpha value is -1.07. The Morgan fingerprint density at radius 3 is 2.85 bits per heavy atom. The van der Waals surface area contributed by atoms with E-state index in [1.807, 2.05) is 18.7 Å². The minimum absolute atomic E-state index is 0.586. The average molecular weight is 278 g/mol. The largest absolute Gasteiger partial charge is 0.388 e. The number of anilines is 1. The minimum Gasteiger partial charge on any atom is -0.388 e. The topological polar surface area (TPSA) is 53.3 Å². The zero-order valence-electron chi connectivity index (χ0n) is 12.8. The molecule has 1 saturated heterocycles. The first-order valence-electron chi connectivity index (χ1n) is 7.69. The van der Waals surface area contributed by atoms with Crippen molar-refractivity contribution in [3.63, 3.8) is 0 Å². The molecule has 0 radical (unpaired) electrons. The number of nitrogens with one attached hydrogen (secondary N) is 1. The number of aromatic nitrogens is 2. The van der Waals surface area contributed by atoms with Crippen LogP contribution in [0.15, 0.2) is 0 Å². The molecule has 0 aromatic carbocycles. The van der Waals surface area contributed by atoms with Gasteiger partial charge in [0.1, 0.15) is 5.82 Å². The van der Waals surface area contributed by atoms with E-state index >= 15 is 0 Å². The molecule has 2 aliphatic rings. The van der Waals surface area contributed by atoms with Crippen molar-refractivity contribution in [1.29, 1.82) is 0 Å². The van der Waals surface area contributed by atoms with Gasteiger partial charge in [-0.15, -0.1) is 0 Å². The molecule has 1 unspecified atom stereocenters. The Bertz CT molecular complexity index is 490. The van der Waals surface area contributed by atoms with Gasteiger partial charge in [0.25, 0.3) is 0 Å². The number of hydrogen-bond acceptors (Lipinski definition) is 4.